The minimum absolute atomic E-state index is 0.000100. The minimum atomic E-state index is 0.000100. The van der Waals surface area contributed by atoms with Crippen molar-refractivity contribution < 1.29 is 4.79 Å². The van der Waals surface area contributed by atoms with Gasteiger partial charge in [-0.2, -0.15) is 0 Å². The Hall–Kier alpha value is -1.58. The molecule has 0 spiro atoms. The lowest BCUT2D eigenvalue weighted by Crippen LogP contribution is -2.31. The molecule has 0 saturated carbocycles. The van der Waals surface area contributed by atoms with Gasteiger partial charge in [-0.1, -0.05) is 13.3 Å². The van der Waals surface area contributed by atoms with Crippen molar-refractivity contribution in [1.82, 2.24) is 9.88 Å². The molecule has 100 valence electrons. The summed E-state index contributed by atoms with van der Waals surface area (Å²) in [7, 11) is 0. The number of anilines is 1. The molecule has 0 saturated heterocycles. The summed E-state index contributed by atoms with van der Waals surface area (Å²) in [6.07, 6.45) is 4.03. The Bertz CT molecular complexity index is 358. The third kappa shape index (κ3) is 4.02. The zero-order valence-corrected chi connectivity index (χ0v) is 11.6. The molecular formula is C14H23N3O. The van der Waals surface area contributed by atoms with E-state index in [1.807, 2.05) is 19.9 Å². The third-order valence-electron chi connectivity index (χ3n) is 2.89. The zero-order chi connectivity index (χ0) is 13.4. The molecular weight excluding hydrogens is 226 g/mol. The zero-order valence-electron chi connectivity index (χ0n) is 11.6. The smallest absolute Gasteiger partial charge is 0.272 e. The first-order chi connectivity index (χ1) is 8.72. The topological polar surface area (TPSA) is 45.2 Å². The normalized spacial score (nSPS) is 10.2. The number of unbranched alkanes of at least 4 members (excludes halogenated alkanes) is 1. The highest BCUT2D eigenvalue weighted by Crippen LogP contribution is 2.08. The number of aromatic nitrogens is 1. The van der Waals surface area contributed by atoms with Gasteiger partial charge in [0.25, 0.3) is 5.91 Å². The monoisotopic (exact) mass is 249 g/mol. The van der Waals surface area contributed by atoms with Crippen LogP contribution < -0.4 is 5.32 Å². The lowest BCUT2D eigenvalue weighted by atomic mass is 10.3. The van der Waals surface area contributed by atoms with Crippen LogP contribution in [0.4, 0.5) is 5.69 Å². The number of nitrogens with one attached hydrogen (secondary N) is 1. The van der Waals surface area contributed by atoms with Crippen molar-refractivity contribution in [1.29, 1.82) is 0 Å². The van der Waals surface area contributed by atoms with Crippen LogP contribution in [0.5, 0.6) is 0 Å². The highest BCUT2D eigenvalue weighted by Gasteiger charge is 2.13. The average Bonchev–Trinajstić information content (AvgIpc) is 2.41. The fourth-order valence-electron chi connectivity index (χ4n) is 1.71. The summed E-state index contributed by atoms with van der Waals surface area (Å²) in [5.74, 6) is 0.000100. The molecule has 1 rings (SSSR count). The third-order valence-corrected chi connectivity index (χ3v) is 2.89. The quantitative estimate of drug-likeness (QED) is 0.756. The second-order valence-electron chi connectivity index (χ2n) is 4.19. The highest BCUT2D eigenvalue weighted by atomic mass is 16.2. The van der Waals surface area contributed by atoms with E-state index in [0.29, 0.717) is 18.8 Å². The molecule has 4 nitrogen and oxygen atoms in total. The fraction of sp³-hybridized carbons (Fsp3) is 0.571. The molecule has 0 aliphatic rings. The summed E-state index contributed by atoms with van der Waals surface area (Å²) in [6, 6.07) is 3.70. The largest absolute Gasteiger partial charge is 0.384 e. The number of carbonyl (C=O) groups is 1. The number of rotatable bonds is 7. The molecule has 0 fully saturated rings. The lowest BCUT2D eigenvalue weighted by Gasteiger charge is -2.18. The Morgan fingerprint density at radius 3 is 2.50 bits per heavy atom. The predicted octanol–water partition coefficient (Wildman–Crippen LogP) is 2.78. The first kappa shape index (κ1) is 14.5. The predicted molar refractivity (Wildman–Crippen MR) is 74.9 cm³/mol. The maximum absolute atomic E-state index is 12.0. The Morgan fingerprint density at radius 2 is 2.00 bits per heavy atom. The van der Waals surface area contributed by atoms with Gasteiger partial charge >= 0.3 is 0 Å². The molecule has 0 atom stereocenters. The average molecular weight is 249 g/mol. The van der Waals surface area contributed by atoms with Crippen molar-refractivity contribution in [3.8, 4) is 0 Å². The summed E-state index contributed by atoms with van der Waals surface area (Å²) >= 11 is 0. The molecule has 1 amide bonds. The maximum Gasteiger partial charge on any atom is 0.272 e. The molecule has 0 aliphatic carbocycles. The Kier molecular flexibility index (Phi) is 6.19. The number of nitrogens with zero attached hydrogens (tertiary/aromatic N) is 2. The SMILES string of the molecule is CCCCNc1ccc(C(=O)N(CC)CC)nc1. The molecule has 1 aromatic rings. The van der Waals surface area contributed by atoms with Gasteiger partial charge in [0.1, 0.15) is 5.69 Å². The van der Waals surface area contributed by atoms with E-state index < -0.39 is 0 Å². The molecule has 0 aromatic carbocycles. The van der Waals surface area contributed by atoms with Crippen LogP contribution in [0.25, 0.3) is 0 Å². The van der Waals surface area contributed by atoms with Crippen LogP contribution in [0.15, 0.2) is 18.3 Å². The van der Waals surface area contributed by atoms with Gasteiger partial charge in [0.15, 0.2) is 0 Å². The van der Waals surface area contributed by atoms with E-state index in [1.165, 1.54) is 6.42 Å². The van der Waals surface area contributed by atoms with Gasteiger partial charge in [-0.15, -0.1) is 0 Å². The molecule has 0 unspecified atom stereocenters. The summed E-state index contributed by atoms with van der Waals surface area (Å²) in [6.45, 7) is 8.48. The van der Waals surface area contributed by atoms with Crippen LogP contribution in [0.2, 0.25) is 0 Å². The van der Waals surface area contributed by atoms with Crippen LogP contribution in [-0.4, -0.2) is 35.4 Å². The first-order valence-electron chi connectivity index (χ1n) is 6.72. The van der Waals surface area contributed by atoms with Crippen molar-refractivity contribution in [3.05, 3.63) is 24.0 Å². The molecule has 1 heterocycles. The highest BCUT2D eigenvalue weighted by molar-refractivity contribution is 5.92. The molecule has 0 radical (unpaired) electrons. The molecule has 1 N–H and O–H groups in total. The van der Waals surface area contributed by atoms with Crippen molar-refractivity contribution in [2.45, 2.75) is 33.6 Å². The minimum Gasteiger partial charge on any atom is -0.384 e. The first-order valence-corrected chi connectivity index (χ1v) is 6.72. The van der Waals surface area contributed by atoms with Crippen molar-refractivity contribution in [3.63, 3.8) is 0 Å². The Labute approximate surface area is 109 Å². The van der Waals surface area contributed by atoms with Gasteiger partial charge < -0.3 is 10.2 Å². The van der Waals surface area contributed by atoms with E-state index in [1.54, 1.807) is 17.2 Å². The van der Waals surface area contributed by atoms with E-state index in [-0.39, 0.29) is 5.91 Å². The van der Waals surface area contributed by atoms with E-state index in [0.717, 1.165) is 18.7 Å². The van der Waals surface area contributed by atoms with Gasteiger partial charge in [0.05, 0.1) is 11.9 Å². The van der Waals surface area contributed by atoms with Crippen LogP contribution in [0, 0.1) is 0 Å². The number of pyridine rings is 1. The lowest BCUT2D eigenvalue weighted by molar-refractivity contribution is 0.0767. The fourth-order valence-corrected chi connectivity index (χ4v) is 1.71. The second-order valence-corrected chi connectivity index (χ2v) is 4.19. The molecule has 4 heteroatoms. The van der Waals surface area contributed by atoms with E-state index in [4.69, 9.17) is 0 Å². The van der Waals surface area contributed by atoms with E-state index in [9.17, 15) is 4.79 Å². The van der Waals surface area contributed by atoms with Crippen molar-refractivity contribution in [2.24, 2.45) is 0 Å². The van der Waals surface area contributed by atoms with Crippen LogP contribution >= 0.6 is 0 Å². The summed E-state index contributed by atoms with van der Waals surface area (Å²) < 4.78 is 0. The van der Waals surface area contributed by atoms with Crippen molar-refractivity contribution in [2.75, 3.05) is 25.0 Å². The van der Waals surface area contributed by atoms with Crippen LogP contribution in [0.3, 0.4) is 0 Å². The standard InChI is InChI=1S/C14H23N3O/c1-4-7-10-15-12-8-9-13(16-11-12)14(18)17(5-2)6-3/h8-9,11,15H,4-7,10H2,1-3H3. The number of hydrogen-bond acceptors (Lipinski definition) is 3. The number of carbonyl (C=O) groups excluding carboxylic acids is 1. The summed E-state index contributed by atoms with van der Waals surface area (Å²) in [4.78, 5) is 18.0. The van der Waals surface area contributed by atoms with Gasteiger partial charge in [-0.3, -0.25) is 4.79 Å². The van der Waals surface area contributed by atoms with Gasteiger partial charge in [0.2, 0.25) is 0 Å². The number of amides is 1. The molecule has 18 heavy (non-hydrogen) atoms. The number of hydrogen-bond donors (Lipinski definition) is 1. The van der Waals surface area contributed by atoms with Crippen LogP contribution in [-0.2, 0) is 0 Å². The Balaban J connectivity index is 2.61. The van der Waals surface area contributed by atoms with E-state index >= 15 is 0 Å². The van der Waals surface area contributed by atoms with Crippen LogP contribution in [0.1, 0.15) is 44.1 Å². The van der Waals surface area contributed by atoms with Crippen molar-refractivity contribution >= 4 is 11.6 Å². The molecule has 1 aromatic heterocycles. The summed E-state index contributed by atoms with van der Waals surface area (Å²) in [5.41, 5.74) is 1.49. The molecule has 0 aliphatic heterocycles. The van der Waals surface area contributed by atoms with Gasteiger partial charge in [-0.05, 0) is 32.4 Å². The van der Waals surface area contributed by atoms with Gasteiger partial charge in [0, 0.05) is 19.6 Å². The van der Waals surface area contributed by atoms with Gasteiger partial charge in [-0.25, -0.2) is 4.98 Å². The second kappa shape index (κ2) is 7.69. The maximum atomic E-state index is 12.0. The Morgan fingerprint density at radius 1 is 1.28 bits per heavy atom. The molecule has 0 bridgehead atoms. The summed E-state index contributed by atoms with van der Waals surface area (Å²) in [5, 5.41) is 3.28. The van der Waals surface area contributed by atoms with E-state index in [2.05, 4.69) is 17.2 Å².